The van der Waals surface area contributed by atoms with Crippen LogP contribution < -0.4 is 5.73 Å². The van der Waals surface area contributed by atoms with E-state index in [4.69, 9.17) is 5.73 Å². The van der Waals surface area contributed by atoms with E-state index in [0.29, 0.717) is 5.82 Å². The van der Waals surface area contributed by atoms with Gasteiger partial charge < -0.3 is 5.73 Å². The van der Waals surface area contributed by atoms with Crippen LogP contribution in [0.2, 0.25) is 0 Å². The van der Waals surface area contributed by atoms with Crippen molar-refractivity contribution in [2.24, 2.45) is 7.05 Å². The Morgan fingerprint density at radius 1 is 1.10 bits per heavy atom. The fourth-order valence-corrected chi connectivity index (χ4v) is 2.66. The molecule has 0 aliphatic carbocycles. The van der Waals surface area contributed by atoms with Gasteiger partial charge in [0.1, 0.15) is 11.5 Å². The van der Waals surface area contributed by atoms with Gasteiger partial charge in [-0.3, -0.25) is 9.67 Å². The van der Waals surface area contributed by atoms with Gasteiger partial charge in [0.2, 0.25) is 0 Å². The summed E-state index contributed by atoms with van der Waals surface area (Å²) in [5, 5.41) is 4.56. The van der Waals surface area contributed by atoms with E-state index in [2.05, 4.69) is 40.6 Å². The highest BCUT2D eigenvalue weighted by Crippen LogP contribution is 2.35. The molecule has 3 rings (SSSR count). The number of aryl methyl sites for hydroxylation is 1. The summed E-state index contributed by atoms with van der Waals surface area (Å²) in [5.74, 6) is 0.623. The molecule has 0 atom stereocenters. The fraction of sp³-hybridized carbons (Fsp3) is 0.125. The molecule has 1 aromatic carbocycles. The number of nitrogens with two attached hydrogens (primary N) is 1. The largest absolute Gasteiger partial charge is 0.383 e. The third-order valence-electron chi connectivity index (χ3n) is 3.38. The van der Waals surface area contributed by atoms with Gasteiger partial charge >= 0.3 is 0 Å². The van der Waals surface area contributed by atoms with Gasteiger partial charge in [-0.15, -0.1) is 11.8 Å². The molecular formula is C16H16N4S. The number of anilines is 1. The molecule has 2 N–H and O–H groups in total. The maximum Gasteiger partial charge on any atom is 0.131 e. The summed E-state index contributed by atoms with van der Waals surface area (Å²) in [5.41, 5.74) is 9.81. The smallest absolute Gasteiger partial charge is 0.131 e. The lowest BCUT2D eigenvalue weighted by Gasteiger charge is -2.04. The van der Waals surface area contributed by atoms with Crippen LogP contribution in [0.5, 0.6) is 0 Å². The van der Waals surface area contributed by atoms with E-state index >= 15 is 0 Å². The average Bonchev–Trinajstić information content (AvgIpc) is 2.84. The van der Waals surface area contributed by atoms with Crippen LogP contribution in [0.4, 0.5) is 5.82 Å². The number of nitrogens with zero attached hydrogens (tertiary/aromatic N) is 3. The Morgan fingerprint density at radius 2 is 1.86 bits per heavy atom. The molecule has 0 aliphatic rings. The van der Waals surface area contributed by atoms with E-state index in [-0.39, 0.29) is 0 Å². The van der Waals surface area contributed by atoms with Crippen LogP contribution >= 0.6 is 11.8 Å². The van der Waals surface area contributed by atoms with Crippen LogP contribution in [0.25, 0.3) is 22.5 Å². The molecule has 0 aliphatic heterocycles. The molecule has 106 valence electrons. The van der Waals surface area contributed by atoms with Crippen LogP contribution in [0.1, 0.15) is 0 Å². The van der Waals surface area contributed by atoms with Crippen molar-refractivity contribution in [3.05, 3.63) is 48.7 Å². The quantitative estimate of drug-likeness (QED) is 0.752. The number of pyridine rings is 1. The molecule has 2 heterocycles. The minimum Gasteiger partial charge on any atom is -0.383 e. The third kappa shape index (κ3) is 2.52. The van der Waals surface area contributed by atoms with E-state index in [0.717, 1.165) is 22.5 Å². The number of thioether (sulfide) groups is 1. The predicted molar refractivity (Wildman–Crippen MR) is 88.1 cm³/mol. The molecule has 4 nitrogen and oxygen atoms in total. The van der Waals surface area contributed by atoms with Crippen molar-refractivity contribution in [1.82, 2.24) is 14.8 Å². The zero-order valence-electron chi connectivity index (χ0n) is 11.9. The number of nitrogen functional groups attached to an aromatic ring is 1. The second-order valence-electron chi connectivity index (χ2n) is 4.68. The molecule has 5 heteroatoms. The van der Waals surface area contributed by atoms with E-state index < -0.39 is 0 Å². The Balaban J connectivity index is 2.16. The Hall–Kier alpha value is -2.27. The number of hydrogen-bond acceptors (Lipinski definition) is 4. The Kier molecular flexibility index (Phi) is 3.66. The van der Waals surface area contributed by atoms with Crippen LogP contribution in [-0.2, 0) is 7.05 Å². The van der Waals surface area contributed by atoms with Gasteiger partial charge in [-0.25, -0.2) is 0 Å². The lowest BCUT2D eigenvalue weighted by Crippen LogP contribution is -1.98. The highest BCUT2D eigenvalue weighted by atomic mass is 32.2. The second-order valence-corrected chi connectivity index (χ2v) is 5.56. The summed E-state index contributed by atoms with van der Waals surface area (Å²) < 4.78 is 1.70. The molecular weight excluding hydrogens is 280 g/mol. The summed E-state index contributed by atoms with van der Waals surface area (Å²) in [6.07, 6.45) is 3.83. The van der Waals surface area contributed by atoms with Crippen LogP contribution in [-0.4, -0.2) is 21.0 Å². The standard InChI is InChI=1S/C16H16N4S/c1-20-16(17)14(13-5-3-4-10-18-13)15(19-20)11-6-8-12(21-2)9-7-11/h3-10H,17H2,1-2H3. The first-order valence-electron chi connectivity index (χ1n) is 6.59. The Morgan fingerprint density at radius 3 is 2.48 bits per heavy atom. The Bertz CT molecular complexity index is 748. The van der Waals surface area contributed by atoms with Crippen molar-refractivity contribution in [2.75, 3.05) is 12.0 Å². The molecule has 0 radical (unpaired) electrons. The van der Waals surface area contributed by atoms with E-state index in [1.54, 1.807) is 22.6 Å². The van der Waals surface area contributed by atoms with Crippen molar-refractivity contribution in [3.8, 4) is 22.5 Å². The highest BCUT2D eigenvalue weighted by molar-refractivity contribution is 7.98. The first-order valence-corrected chi connectivity index (χ1v) is 7.81. The molecule has 3 aromatic rings. The number of hydrogen-bond donors (Lipinski definition) is 1. The maximum atomic E-state index is 6.19. The topological polar surface area (TPSA) is 56.7 Å². The van der Waals surface area contributed by atoms with E-state index in [1.807, 2.05) is 25.2 Å². The average molecular weight is 296 g/mol. The molecule has 0 unspecified atom stereocenters. The first-order chi connectivity index (χ1) is 10.2. The molecule has 2 aromatic heterocycles. The van der Waals surface area contributed by atoms with Gasteiger partial charge in [-0.05, 0) is 30.5 Å². The minimum absolute atomic E-state index is 0.623. The van der Waals surface area contributed by atoms with Gasteiger partial charge in [0.25, 0.3) is 0 Å². The summed E-state index contributed by atoms with van der Waals surface area (Å²) in [6, 6.07) is 14.1. The zero-order chi connectivity index (χ0) is 14.8. The lowest BCUT2D eigenvalue weighted by atomic mass is 10.0. The van der Waals surface area contributed by atoms with E-state index in [1.165, 1.54) is 4.90 Å². The van der Waals surface area contributed by atoms with Crippen molar-refractivity contribution in [1.29, 1.82) is 0 Å². The van der Waals surface area contributed by atoms with Crippen molar-refractivity contribution < 1.29 is 0 Å². The highest BCUT2D eigenvalue weighted by Gasteiger charge is 2.18. The molecule has 21 heavy (non-hydrogen) atoms. The minimum atomic E-state index is 0.623. The zero-order valence-corrected chi connectivity index (χ0v) is 12.8. The van der Waals surface area contributed by atoms with Crippen molar-refractivity contribution in [3.63, 3.8) is 0 Å². The molecule has 0 bridgehead atoms. The fourth-order valence-electron chi connectivity index (χ4n) is 2.25. The third-order valence-corrected chi connectivity index (χ3v) is 4.12. The monoisotopic (exact) mass is 296 g/mol. The number of benzene rings is 1. The van der Waals surface area contributed by atoms with E-state index in [9.17, 15) is 0 Å². The van der Waals surface area contributed by atoms with Crippen molar-refractivity contribution in [2.45, 2.75) is 4.90 Å². The van der Waals surface area contributed by atoms with Crippen LogP contribution in [0.3, 0.4) is 0 Å². The summed E-state index contributed by atoms with van der Waals surface area (Å²) in [4.78, 5) is 5.63. The molecule has 0 fully saturated rings. The van der Waals surface area contributed by atoms with Gasteiger partial charge in [0.15, 0.2) is 0 Å². The van der Waals surface area contributed by atoms with Gasteiger partial charge in [0, 0.05) is 23.7 Å². The van der Waals surface area contributed by atoms with Gasteiger partial charge in [0.05, 0.1) is 11.3 Å². The lowest BCUT2D eigenvalue weighted by molar-refractivity contribution is 0.782. The van der Waals surface area contributed by atoms with Crippen LogP contribution in [0, 0.1) is 0 Å². The van der Waals surface area contributed by atoms with Crippen LogP contribution in [0.15, 0.2) is 53.6 Å². The molecule has 0 saturated carbocycles. The van der Waals surface area contributed by atoms with Gasteiger partial charge in [-0.1, -0.05) is 18.2 Å². The second kappa shape index (κ2) is 5.61. The molecule has 0 saturated heterocycles. The van der Waals surface area contributed by atoms with Crippen molar-refractivity contribution >= 4 is 17.6 Å². The molecule has 0 amide bonds. The Labute approximate surface area is 128 Å². The number of rotatable bonds is 3. The maximum absolute atomic E-state index is 6.19. The summed E-state index contributed by atoms with van der Waals surface area (Å²) in [7, 11) is 1.85. The van der Waals surface area contributed by atoms with Gasteiger partial charge in [-0.2, -0.15) is 5.10 Å². The number of aromatic nitrogens is 3. The normalized spacial score (nSPS) is 10.8. The summed E-state index contributed by atoms with van der Waals surface area (Å²) in [6.45, 7) is 0. The first kappa shape index (κ1) is 13.7. The summed E-state index contributed by atoms with van der Waals surface area (Å²) >= 11 is 1.72. The SMILES string of the molecule is CSc1ccc(-c2nn(C)c(N)c2-c2ccccn2)cc1. The predicted octanol–water partition coefficient (Wildman–Crippen LogP) is 3.45. The molecule has 0 spiro atoms.